The second-order valence-corrected chi connectivity index (χ2v) is 8.44. The van der Waals surface area contributed by atoms with E-state index in [4.69, 9.17) is 4.74 Å². The van der Waals surface area contributed by atoms with Gasteiger partial charge in [0.25, 0.3) is 0 Å². The molecule has 8 heteroatoms. The first-order chi connectivity index (χ1) is 14.5. The van der Waals surface area contributed by atoms with E-state index in [0.29, 0.717) is 5.69 Å². The molecule has 0 saturated heterocycles. The number of hydrogen-bond acceptors (Lipinski definition) is 6. The third-order valence-electron chi connectivity index (χ3n) is 4.62. The standard InChI is InChI=1S/C22H19BrN4O2S/c1-27(11-19(28)26-16-7-9-17(29-2)10-8-16)21-20-18(12-30-22(20)25-13-24-21)14-3-5-15(23)6-4-14/h3-10,12-13H,11H2,1-2H3,(H,26,28). The fourth-order valence-corrected chi connectivity index (χ4v) is 4.33. The molecule has 0 aliphatic heterocycles. The number of benzene rings is 2. The van der Waals surface area contributed by atoms with Crippen LogP contribution in [0.25, 0.3) is 21.3 Å². The Morgan fingerprint density at radius 1 is 1.13 bits per heavy atom. The Kier molecular flexibility index (Phi) is 5.96. The molecular weight excluding hydrogens is 464 g/mol. The number of methoxy groups -OCH3 is 1. The summed E-state index contributed by atoms with van der Waals surface area (Å²) in [6.07, 6.45) is 1.54. The fraction of sp³-hybridized carbons (Fsp3) is 0.136. The van der Waals surface area contributed by atoms with Crippen LogP contribution in [-0.2, 0) is 4.79 Å². The predicted molar refractivity (Wildman–Crippen MR) is 125 cm³/mol. The fourth-order valence-electron chi connectivity index (χ4n) is 3.16. The molecule has 30 heavy (non-hydrogen) atoms. The Morgan fingerprint density at radius 3 is 2.57 bits per heavy atom. The lowest BCUT2D eigenvalue weighted by Gasteiger charge is -2.19. The van der Waals surface area contributed by atoms with Crippen LogP contribution in [0, 0.1) is 0 Å². The van der Waals surface area contributed by atoms with Crippen molar-refractivity contribution in [2.24, 2.45) is 0 Å². The van der Waals surface area contributed by atoms with Gasteiger partial charge in [-0.2, -0.15) is 0 Å². The summed E-state index contributed by atoms with van der Waals surface area (Å²) in [5.41, 5.74) is 2.85. The molecule has 2 aromatic carbocycles. The second kappa shape index (κ2) is 8.81. The van der Waals surface area contributed by atoms with Crippen LogP contribution >= 0.6 is 27.3 Å². The average Bonchev–Trinajstić information content (AvgIpc) is 3.19. The molecule has 4 rings (SSSR count). The number of likely N-dealkylation sites (N-methyl/N-ethyl adjacent to an activating group) is 1. The van der Waals surface area contributed by atoms with Crippen LogP contribution in [0.1, 0.15) is 0 Å². The van der Waals surface area contributed by atoms with Crippen molar-refractivity contribution in [2.75, 3.05) is 30.9 Å². The molecule has 0 atom stereocenters. The average molecular weight is 483 g/mol. The maximum atomic E-state index is 12.6. The van der Waals surface area contributed by atoms with Gasteiger partial charge in [-0.1, -0.05) is 28.1 Å². The molecule has 1 amide bonds. The van der Waals surface area contributed by atoms with Gasteiger partial charge in [0.05, 0.1) is 19.0 Å². The number of fused-ring (bicyclic) bond motifs is 1. The summed E-state index contributed by atoms with van der Waals surface area (Å²) in [4.78, 5) is 24.2. The second-order valence-electron chi connectivity index (χ2n) is 6.67. The van der Waals surface area contributed by atoms with E-state index in [1.54, 1.807) is 18.4 Å². The Hall–Kier alpha value is -2.97. The van der Waals surface area contributed by atoms with Crippen LogP contribution in [0.3, 0.4) is 0 Å². The van der Waals surface area contributed by atoms with Gasteiger partial charge in [-0.15, -0.1) is 11.3 Å². The number of nitrogens with one attached hydrogen (secondary N) is 1. The highest BCUT2D eigenvalue weighted by Crippen LogP contribution is 2.37. The van der Waals surface area contributed by atoms with Crippen LogP contribution in [0.15, 0.2) is 64.7 Å². The number of carbonyl (C=O) groups is 1. The minimum absolute atomic E-state index is 0.130. The number of halogens is 1. The zero-order valence-corrected chi connectivity index (χ0v) is 18.8. The van der Waals surface area contributed by atoms with Gasteiger partial charge in [-0.3, -0.25) is 4.79 Å². The van der Waals surface area contributed by atoms with Gasteiger partial charge in [0.1, 0.15) is 22.7 Å². The normalized spacial score (nSPS) is 10.8. The predicted octanol–water partition coefficient (Wildman–Crippen LogP) is 5.20. The van der Waals surface area contributed by atoms with Crippen LogP contribution in [-0.4, -0.2) is 36.6 Å². The molecule has 0 fully saturated rings. The number of aromatic nitrogens is 2. The molecule has 4 aromatic rings. The summed E-state index contributed by atoms with van der Waals surface area (Å²) < 4.78 is 6.17. The molecule has 0 bridgehead atoms. The zero-order chi connectivity index (χ0) is 21.1. The van der Waals surface area contributed by atoms with E-state index in [1.807, 2.05) is 48.3 Å². The van der Waals surface area contributed by atoms with Gasteiger partial charge < -0.3 is 15.0 Å². The van der Waals surface area contributed by atoms with Crippen molar-refractivity contribution in [3.05, 3.63) is 64.7 Å². The molecular formula is C22H19BrN4O2S. The largest absolute Gasteiger partial charge is 0.497 e. The molecule has 0 saturated carbocycles. The summed E-state index contributed by atoms with van der Waals surface area (Å²) in [7, 11) is 3.47. The number of nitrogens with zero attached hydrogens (tertiary/aromatic N) is 3. The maximum absolute atomic E-state index is 12.6. The lowest BCUT2D eigenvalue weighted by Crippen LogP contribution is -2.30. The monoisotopic (exact) mass is 482 g/mol. The molecule has 0 spiro atoms. The van der Waals surface area contributed by atoms with Crippen LogP contribution in [0.5, 0.6) is 5.75 Å². The molecule has 1 N–H and O–H groups in total. The Balaban J connectivity index is 1.58. The number of carbonyl (C=O) groups excluding carboxylic acids is 1. The minimum atomic E-state index is -0.130. The van der Waals surface area contributed by atoms with E-state index < -0.39 is 0 Å². The van der Waals surface area contributed by atoms with Crippen molar-refractivity contribution in [3.63, 3.8) is 0 Å². The van der Waals surface area contributed by atoms with E-state index in [-0.39, 0.29) is 12.5 Å². The lowest BCUT2D eigenvalue weighted by molar-refractivity contribution is -0.114. The first kappa shape index (κ1) is 20.3. The van der Waals surface area contributed by atoms with Crippen molar-refractivity contribution in [2.45, 2.75) is 0 Å². The van der Waals surface area contributed by atoms with E-state index in [0.717, 1.165) is 37.4 Å². The summed E-state index contributed by atoms with van der Waals surface area (Å²) in [6.45, 7) is 0.160. The molecule has 152 valence electrons. The van der Waals surface area contributed by atoms with Crippen molar-refractivity contribution in [1.29, 1.82) is 0 Å². The van der Waals surface area contributed by atoms with Crippen LogP contribution < -0.4 is 15.0 Å². The highest BCUT2D eigenvalue weighted by Gasteiger charge is 2.17. The number of rotatable bonds is 6. The topological polar surface area (TPSA) is 67.3 Å². The van der Waals surface area contributed by atoms with Crippen molar-refractivity contribution >= 4 is 54.9 Å². The minimum Gasteiger partial charge on any atom is -0.497 e. The first-order valence-electron chi connectivity index (χ1n) is 9.18. The van der Waals surface area contributed by atoms with Gasteiger partial charge in [0.2, 0.25) is 5.91 Å². The first-order valence-corrected chi connectivity index (χ1v) is 10.9. The third-order valence-corrected chi connectivity index (χ3v) is 6.04. The smallest absolute Gasteiger partial charge is 0.243 e. The van der Waals surface area contributed by atoms with E-state index in [1.165, 1.54) is 6.33 Å². The van der Waals surface area contributed by atoms with Crippen LogP contribution in [0.4, 0.5) is 11.5 Å². The third kappa shape index (κ3) is 4.29. The summed E-state index contributed by atoms with van der Waals surface area (Å²) >= 11 is 5.04. The quantitative estimate of drug-likeness (QED) is 0.408. The highest BCUT2D eigenvalue weighted by molar-refractivity contribution is 9.10. The van der Waals surface area contributed by atoms with Crippen molar-refractivity contribution < 1.29 is 9.53 Å². The number of thiophene rings is 1. The van der Waals surface area contributed by atoms with Gasteiger partial charge in [-0.25, -0.2) is 9.97 Å². The maximum Gasteiger partial charge on any atom is 0.243 e. The number of amides is 1. The number of anilines is 2. The van der Waals surface area contributed by atoms with Gasteiger partial charge >= 0.3 is 0 Å². The van der Waals surface area contributed by atoms with Crippen LogP contribution in [0.2, 0.25) is 0 Å². The molecule has 0 aliphatic rings. The molecule has 0 aliphatic carbocycles. The SMILES string of the molecule is COc1ccc(NC(=O)CN(C)c2ncnc3scc(-c4ccc(Br)cc4)c23)cc1. The molecule has 2 heterocycles. The summed E-state index contributed by atoms with van der Waals surface area (Å²) in [5, 5.41) is 5.94. The van der Waals surface area contributed by atoms with E-state index >= 15 is 0 Å². The van der Waals surface area contributed by atoms with E-state index in [2.05, 4.69) is 48.7 Å². The van der Waals surface area contributed by atoms with Crippen molar-refractivity contribution in [3.8, 4) is 16.9 Å². The zero-order valence-electron chi connectivity index (χ0n) is 16.4. The Morgan fingerprint density at radius 2 is 1.87 bits per heavy atom. The Bertz CT molecular complexity index is 1180. The summed E-state index contributed by atoms with van der Waals surface area (Å²) in [5.74, 6) is 1.34. The lowest BCUT2D eigenvalue weighted by atomic mass is 10.1. The Labute approximate surface area is 186 Å². The number of ether oxygens (including phenoxy) is 1. The van der Waals surface area contributed by atoms with Gasteiger partial charge in [0.15, 0.2) is 0 Å². The molecule has 0 radical (unpaired) electrons. The van der Waals surface area contributed by atoms with Crippen molar-refractivity contribution in [1.82, 2.24) is 9.97 Å². The van der Waals surface area contributed by atoms with E-state index in [9.17, 15) is 4.79 Å². The highest BCUT2D eigenvalue weighted by atomic mass is 79.9. The van der Waals surface area contributed by atoms with Gasteiger partial charge in [-0.05, 0) is 42.0 Å². The summed E-state index contributed by atoms with van der Waals surface area (Å²) in [6, 6.07) is 15.4. The molecule has 2 aromatic heterocycles. The number of hydrogen-bond donors (Lipinski definition) is 1. The molecule has 6 nitrogen and oxygen atoms in total. The van der Waals surface area contributed by atoms with Gasteiger partial charge in [0, 0.05) is 28.2 Å². The molecule has 0 unspecified atom stereocenters.